The van der Waals surface area contributed by atoms with Crippen molar-refractivity contribution in [2.24, 2.45) is 0 Å². The maximum Gasteiger partial charge on any atom is 0.187 e. The van der Waals surface area contributed by atoms with Gasteiger partial charge in [-0.3, -0.25) is 0 Å². The van der Waals surface area contributed by atoms with E-state index < -0.39 is 68.3 Å². The second-order valence-electron chi connectivity index (χ2n) is 6.70. The Morgan fingerprint density at radius 3 is 2.34 bits per heavy atom. The molecule has 166 valence electrons. The summed E-state index contributed by atoms with van der Waals surface area (Å²) in [5.41, 5.74) is 0. The Kier molecular flexibility index (Phi) is 9.10. The molecule has 0 amide bonds. The molecular formula is C17H28N2O10. The van der Waals surface area contributed by atoms with Crippen molar-refractivity contribution < 1.29 is 50.3 Å². The fraction of sp³-hybridized carbons (Fsp3) is 0.706. The molecule has 0 bridgehead atoms. The summed E-state index contributed by atoms with van der Waals surface area (Å²) in [4.78, 5) is 4.00. The largest absolute Gasteiger partial charge is 0.394 e. The molecule has 1 aromatic rings. The monoisotopic (exact) mass is 420 g/mol. The molecule has 9 atom stereocenters. The van der Waals surface area contributed by atoms with E-state index in [0.717, 1.165) is 0 Å². The third-order valence-electron chi connectivity index (χ3n) is 4.59. The zero-order valence-corrected chi connectivity index (χ0v) is 15.5. The molecule has 0 aromatic carbocycles. The van der Waals surface area contributed by atoms with Crippen LogP contribution in [-0.2, 0) is 9.47 Å². The number of rotatable bonds is 10. The Labute approximate surface area is 166 Å². The van der Waals surface area contributed by atoms with Gasteiger partial charge in [0.05, 0.1) is 13.2 Å². The summed E-state index contributed by atoms with van der Waals surface area (Å²) in [5.74, 6) is 0.412. The van der Waals surface area contributed by atoms with Crippen LogP contribution in [0.4, 0.5) is 5.82 Å². The molecule has 12 nitrogen and oxygen atoms in total. The highest BCUT2D eigenvalue weighted by Crippen LogP contribution is 2.25. The van der Waals surface area contributed by atoms with Crippen molar-refractivity contribution in [3.05, 3.63) is 24.4 Å². The molecule has 0 unspecified atom stereocenters. The minimum absolute atomic E-state index is 0.200. The molecule has 1 aliphatic rings. The maximum absolute atomic E-state index is 10.5. The number of aliphatic hydroxyl groups is 8. The predicted molar refractivity (Wildman–Crippen MR) is 96.5 cm³/mol. The first-order valence-electron chi connectivity index (χ1n) is 9.06. The highest BCUT2D eigenvalue weighted by Gasteiger charge is 2.46. The molecule has 9 N–H and O–H groups in total. The SMILES string of the molecule is OC[C@@H](O)[C@@H](O)[C@H](O[C@@H]1O[C@H](CO)[C@H](O)[C@H](O)[C@H]1O)[C@H](O)CNc1ccccn1. The van der Waals surface area contributed by atoms with E-state index in [1.54, 1.807) is 18.2 Å². The molecule has 0 spiro atoms. The van der Waals surface area contributed by atoms with Crippen LogP contribution in [0.25, 0.3) is 0 Å². The second kappa shape index (κ2) is 11.1. The quantitative estimate of drug-likeness (QED) is 0.176. The fourth-order valence-corrected chi connectivity index (χ4v) is 2.85. The highest BCUT2D eigenvalue weighted by molar-refractivity contribution is 5.33. The van der Waals surface area contributed by atoms with E-state index in [1.165, 1.54) is 6.20 Å². The molecule has 0 radical (unpaired) electrons. The number of aliphatic hydroxyl groups excluding tert-OH is 8. The molecule has 0 aliphatic carbocycles. The fourth-order valence-electron chi connectivity index (χ4n) is 2.85. The van der Waals surface area contributed by atoms with E-state index in [9.17, 15) is 35.7 Å². The highest BCUT2D eigenvalue weighted by atomic mass is 16.7. The van der Waals surface area contributed by atoms with Gasteiger partial charge in [-0.1, -0.05) is 6.07 Å². The Morgan fingerprint density at radius 2 is 1.76 bits per heavy atom. The van der Waals surface area contributed by atoms with Crippen LogP contribution in [-0.4, -0.2) is 121 Å². The molecule has 1 aliphatic heterocycles. The van der Waals surface area contributed by atoms with Crippen molar-refractivity contribution in [3.8, 4) is 0 Å². The van der Waals surface area contributed by atoms with Crippen molar-refractivity contribution in [3.63, 3.8) is 0 Å². The van der Waals surface area contributed by atoms with Crippen LogP contribution in [0.1, 0.15) is 0 Å². The maximum atomic E-state index is 10.5. The molecule has 2 heterocycles. The van der Waals surface area contributed by atoms with Gasteiger partial charge in [-0.2, -0.15) is 0 Å². The molecule has 12 heteroatoms. The van der Waals surface area contributed by atoms with Gasteiger partial charge < -0.3 is 55.6 Å². The van der Waals surface area contributed by atoms with Gasteiger partial charge in [0.1, 0.15) is 54.6 Å². The normalized spacial score (nSPS) is 31.7. The van der Waals surface area contributed by atoms with Crippen molar-refractivity contribution >= 4 is 5.82 Å². The first-order valence-corrected chi connectivity index (χ1v) is 9.06. The zero-order chi connectivity index (χ0) is 21.6. The van der Waals surface area contributed by atoms with E-state index in [2.05, 4.69) is 10.3 Å². The molecule has 0 saturated carbocycles. The van der Waals surface area contributed by atoms with Crippen LogP contribution in [0.3, 0.4) is 0 Å². The summed E-state index contributed by atoms with van der Waals surface area (Å²) in [7, 11) is 0. The van der Waals surface area contributed by atoms with E-state index in [0.29, 0.717) is 5.82 Å². The summed E-state index contributed by atoms with van der Waals surface area (Å²) in [5, 5.41) is 81.4. The van der Waals surface area contributed by atoms with Gasteiger partial charge in [0.2, 0.25) is 0 Å². The molecular weight excluding hydrogens is 392 g/mol. The lowest BCUT2D eigenvalue weighted by Crippen LogP contribution is -2.61. The minimum Gasteiger partial charge on any atom is -0.394 e. The Hall–Kier alpha value is -1.45. The summed E-state index contributed by atoms with van der Waals surface area (Å²) in [6.45, 7) is -1.73. The predicted octanol–water partition coefficient (Wildman–Crippen LogP) is -4.25. The van der Waals surface area contributed by atoms with Gasteiger partial charge in [0.15, 0.2) is 6.29 Å². The Morgan fingerprint density at radius 1 is 1.03 bits per heavy atom. The lowest BCUT2D eigenvalue weighted by molar-refractivity contribution is -0.326. The van der Waals surface area contributed by atoms with Crippen LogP contribution in [0, 0.1) is 0 Å². The van der Waals surface area contributed by atoms with Gasteiger partial charge >= 0.3 is 0 Å². The van der Waals surface area contributed by atoms with Crippen LogP contribution in [0.15, 0.2) is 24.4 Å². The third-order valence-corrected chi connectivity index (χ3v) is 4.59. The van der Waals surface area contributed by atoms with Crippen LogP contribution in [0.2, 0.25) is 0 Å². The van der Waals surface area contributed by atoms with E-state index in [1.807, 2.05) is 0 Å². The standard InChI is InChI=1S/C17H28N2O10/c20-6-9(23)12(24)16(8(22)5-19-11-3-1-2-4-18-11)29-17-15(27)14(26)13(25)10(7-21)28-17/h1-4,8-10,12-17,20-27H,5-7H2,(H,18,19)/t8-,9-,10-,12-,13+,14+,15-,16-,17+/m1/s1. The summed E-state index contributed by atoms with van der Waals surface area (Å²) in [6, 6.07) is 5.02. The number of pyridine rings is 1. The van der Waals surface area contributed by atoms with Gasteiger partial charge in [-0.25, -0.2) is 4.98 Å². The molecule has 1 fully saturated rings. The summed E-state index contributed by atoms with van der Waals surface area (Å²) in [6.07, 6.45) is -13.1. The van der Waals surface area contributed by atoms with Gasteiger partial charge in [0, 0.05) is 12.7 Å². The van der Waals surface area contributed by atoms with Crippen molar-refractivity contribution in [1.29, 1.82) is 0 Å². The number of anilines is 1. The van der Waals surface area contributed by atoms with Crippen molar-refractivity contribution in [2.45, 2.75) is 55.1 Å². The number of hydrogen-bond acceptors (Lipinski definition) is 12. The van der Waals surface area contributed by atoms with Gasteiger partial charge in [-0.05, 0) is 12.1 Å². The number of nitrogens with zero attached hydrogens (tertiary/aromatic N) is 1. The average molecular weight is 420 g/mol. The summed E-state index contributed by atoms with van der Waals surface area (Å²) < 4.78 is 10.6. The smallest absolute Gasteiger partial charge is 0.187 e. The molecule has 29 heavy (non-hydrogen) atoms. The zero-order valence-electron chi connectivity index (χ0n) is 15.5. The minimum atomic E-state index is -1.80. The first kappa shape index (κ1) is 23.8. The summed E-state index contributed by atoms with van der Waals surface area (Å²) >= 11 is 0. The van der Waals surface area contributed by atoms with E-state index in [-0.39, 0.29) is 6.54 Å². The molecule has 1 aromatic heterocycles. The first-order chi connectivity index (χ1) is 13.8. The van der Waals surface area contributed by atoms with Gasteiger partial charge in [0.25, 0.3) is 0 Å². The van der Waals surface area contributed by atoms with Crippen LogP contribution >= 0.6 is 0 Å². The Bertz CT molecular complexity index is 595. The lowest BCUT2D eigenvalue weighted by Gasteiger charge is -2.42. The van der Waals surface area contributed by atoms with E-state index in [4.69, 9.17) is 14.6 Å². The van der Waals surface area contributed by atoms with Crippen molar-refractivity contribution in [1.82, 2.24) is 4.98 Å². The number of aromatic nitrogens is 1. The number of nitrogens with one attached hydrogen (secondary N) is 1. The van der Waals surface area contributed by atoms with E-state index >= 15 is 0 Å². The molecule has 1 saturated heterocycles. The Balaban J connectivity index is 2.12. The number of hydrogen-bond donors (Lipinski definition) is 9. The average Bonchev–Trinajstić information content (AvgIpc) is 2.75. The second-order valence-corrected chi connectivity index (χ2v) is 6.70. The van der Waals surface area contributed by atoms with Crippen LogP contribution < -0.4 is 5.32 Å². The van der Waals surface area contributed by atoms with Crippen molar-refractivity contribution in [2.75, 3.05) is 25.1 Å². The topological polar surface area (TPSA) is 205 Å². The van der Waals surface area contributed by atoms with Gasteiger partial charge in [-0.15, -0.1) is 0 Å². The number of ether oxygens (including phenoxy) is 2. The lowest BCUT2D eigenvalue weighted by atomic mass is 9.98. The molecule has 2 rings (SSSR count). The third kappa shape index (κ3) is 6.02. The van der Waals surface area contributed by atoms with Crippen LogP contribution in [0.5, 0.6) is 0 Å².